The van der Waals surface area contributed by atoms with Crippen LogP contribution >= 0.6 is 0 Å². The summed E-state index contributed by atoms with van der Waals surface area (Å²) in [5, 5.41) is 3.26. The van der Waals surface area contributed by atoms with Crippen LogP contribution in [0.1, 0.15) is 96.8 Å². The third kappa shape index (κ3) is 12.7. The Labute approximate surface area is 155 Å². The van der Waals surface area contributed by atoms with Crippen molar-refractivity contribution < 1.29 is 0 Å². The van der Waals surface area contributed by atoms with E-state index < -0.39 is 0 Å². The van der Waals surface area contributed by atoms with Crippen molar-refractivity contribution in [2.75, 3.05) is 11.9 Å². The molecule has 0 unspecified atom stereocenters. The first-order valence-corrected chi connectivity index (χ1v) is 10.7. The molecule has 1 aromatic rings. The van der Waals surface area contributed by atoms with E-state index >= 15 is 0 Å². The van der Waals surface area contributed by atoms with Crippen molar-refractivity contribution in [1.29, 1.82) is 0 Å². The second kappa shape index (κ2) is 16.2. The summed E-state index contributed by atoms with van der Waals surface area (Å²) < 4.78 is 0. The first kappa shape index (κ1) is 21.7. The quantitative estimate of drug-likeness (QED) is 0.329. The van der Waals surface area contributed by atoms with E-state index in [4.69, 9.17) is 0 Å². The molecule has 25 heavy (non-hydrogen) atoms. The van der Waals surface area contributed by atoms with E-state index in [1.54, 1.807) is 12.1 Å². The summed E-state index contributed by atoms with van der Waals surface area (Å²) in [6.45, 7) is 3.18. The smallest absolute Gasteiger partial charge is 0.201 e. The van der Waals surface area contributed by atoms with Crippen LogP contribution in [-0.2, 0) is 0 Å². The van der Waals surface area contributed by atoms with Crippen LogP contribution in [-0.4, -0.2) is 6.54 Å². The SMILES string of the molecule is CCCCCCCCCCCCCCCCNc1cccccc1=O. The van der Waals surface area contributed by atoms with Gasteiger partial charge in [0.2, 0.25) is 5.43 Å². The fourth-order valence-electron chi connectivity index (χ4n) is 3.22. The molecule has 0 aliphatic rings. The molecule has 0 aliphatic heterocycles. The van der Waals surface area contributed by atoms with Crippen LogP contribution in [0.4, 0.5) is 5.69 Å². The van der Waals surface area contributed by atoms with Crippen LogP contribution < -0.4 is 10.7 Å². The maximum atomic E-state index is 11.7. The average Bonchev–Trinajstić information content (AvgIpc) is 2.83. The van der Waals surface area contributed by atoms with Crippen LogP contribution in [0.25, 0.3) is 0 Å². The molecule has 2 heteroatoms. The minimum Gasteiger partial charge on any atom is -0.382 e. The Bertz CT molecular complexity index is 472. The first-order chi connectivity index (χ1) is 12.3. The Balaban J connectivity index is 1.83. The van der Waals surface area contributed by atoms with Gasteiger partial charge in [0.05, 0.1) is 5.69 Å². The normalized spacial score (nSPS) is 10.8. The molecule has 0 aliphatic carbocycles. The number of anilines is 1. The lowest BCUT2D eigenvalue weighted by atomic mass is 10.0. The Kier molecular flexibility index (Phi) is 14.1. The molecule has 0 atom stereocenters. The number of rotatable bonds is 16. The van der Waals surface area contributed by atoms with Crippen molar-refractivity contribution in [3.63, 3.8) is 0 Å². The largest absolute Gasteiger partial charge is 0.382 e. The highest BCUT2D eigenvalue weighted by molar-refractivity contribution is 5.41. The molecule has 0 aromatic heterocycles. The van der Waals surface area contributed by atoms with Crippen molar-refractivity contribution in [3.05, 3.63) is 40.6 Å². The molecule has 1 N–H and O–H groups in total. The molecule has 1 rings (SSSR count). The predicted octanol–water partition coefficient (Wildman–Crippen LogP) is 6.94. The highest BCUT2D eigenvalue weighted by Crippen LogP contribution is 2.13. The summed E-state index contributed by atoms with van der Waals surface area (Å²) in [5.41, 5.74) is 0.801. The monoisotopic (exact) mass is 345 g/mol. The topological polar surface area (TPSA) is 29.1 Å². The van der Waals surface area contributed by atoms with Crippen LogP contribution in [0, 0.1) is 0 Å². The number of unbranched alkanes of at least 4 members (excludes halogenated alkanes) is 13. The Morgan fingerprint density at radius 1 is 0.640 bits per heavy atom. The fraction of sp³-hybridized carbons (Fsp3) is 0.696. The van der Waals surface area contributed by atoms with Crippen LogP contribution in [0.15, 0.2) is 35.1 Å². The average molecular weight is 346 g/mol. The van der Waals surface area contributed by atoms with E-state index in [9.17, 15) is 4.79 Å². The van der Waals surface area contributed by atoms with Gasteiger partial charge >= 0.3 is 0 Å². The lowest BCUT2D eigenvalue weighted by Gasteiger charge is -2.05. The molecule has 1 aromatic carbocycles. The van der Waals surface area contributed by atoms with Gasteiger partial charge in [-0.25, -0.2) is 0 Å². The second-order valence-corrected chi connectivity index (χ2v) is 7.21. The minimum absolute atomic E-state index is 0.0790. The van der Waals surface area contributed by atoms with Gasteiger partial charge < -0.3 is 5.32 Å². The van der Waals surface area contributed by atoms with Gasteiger partial charge in [-0.2, -0.15) is 0 Å². The summed E-state index contributed by atoms with van der Waals surface area (Å²) in [4.78, 5) is 11.7. The van der Waals surface area contributed by atoms with E-state index in [0.29, 0.717) is 0 Å². The van der Waals surface area contributed by atoms with Crippen molar-refractivity contribution in [2.45, 2.75) is 96.8 Å². The lowest BCUT2D eigenvalue weighted by molar-refractivity contribution is 0.537. The van der Waals surface area contributed by atoms with Gasteiger partial charge in [0.25, 0.3) is 0 Å². The number of hydrogen-bond donors (Lipinski definition) is 1. The van der Waals surface area contributed by atoms with Gasteiger partial charge in [-0.05, 0) is 18.6 Å². The van der Waals surface area contributed by atoms with Crippen molar-refractivity contribution in [3.8, 4) is 0 Å². The van der Waals surface area contributed by atoms with Gasteiger partial charge in [0.15, 0.2) is 0 Å². The first-order valence-electron chi connectivity index (χ1n) is 10.7. The highest BCUT2D eigenvalue weighted by Gasteiger charge is 1.96. The molecule has 0 radical (unpaired) electrons. The molecule has 0 spiro atoms. The van der Waals surface area contributed by atoms with Crippen LogP contribution in [0.2, 0.25) is 0 Å². The van der Waals surface area contributed by atoms with Gasteiger partial charge in [0.1, 0.15) is 0 Å². The molecular weight excluding hydrogens is 306 g/mol. The van der Waals surface area contributed by atoms with E-state index in [2.05, 4.69) is 12.2 Å². The number of hydrogen-bond acceptors (Lipinski definition) is 2. The molecule has 0 saturated heterocycles. The Morgan fingerprint density at radius 2 is 1.12 bits per heavy atom. The zero-order valence-electron chi connectivity index (χ0n) is 16.4. The van der Waals surface area contributed by atoms with E-state index in [1.165, 1.54) is 83.5 Å². The van der Waals surface area contributed by atoms with Crippen molar-refractivity contribution in [1.82, 2.24) is 0 Å². The molecule has 2 nitrogen and oxygen atoms in total. The zero-order valence-corrected chi connectivity index (χ0v) is 16.4. The van der Waals surface area contributed by atoms with Gasteiger partial charge in [-0.3, -0.25) is 4.79 Å². The number of nitrogens with one attached hydrogen (secondary N) is 1. The molecule has 0 bridgehead atoms. The lowest BCUT2D eigenvalue weighted by Crippen LogP contribution is -2.09. The minimum atomic E-state index is 0.0790. The second-order valence-electron chi connectivity index (χ2n) is 7.21. The van der Waals surface area contributed by atoms with E-state index in [0.717, 1.165) is 18.7 Å². The maximum absolute atomic E-state index is 11.7. The summed E-state index contributed by atoms with van der Waals surface area (Å²) >= 11 is 0. The Hall–Kier alpha value is -1.31. The molecule has 0 amide bonds. The van der Waals surface area contributed by atoms with Gasteiger partial charge in [0, 0.05) is 6.54 Å². The van der Waals surface area contributed by atoms with Crippen molar-refractivity contribution >= 4 is 5.69 Å². The van der Waals surface area contributed by atoms with Crippen molar-refractivity contribution in [2.24, 2.45) is 0 Å². The third-order valence-electron chi connectivity index (χ3n) is 4.84. The molecule has 142 valence electrons. The van der Waals surface area contributed by atoms with Crippen LogP contribution in [0.3, 0.4) is 0 Å². The maximum Gasteiger partial charge on any atom is 0.201 e. The van der Waals surface area contributed by atoms with Crippen LogP contribution in [0.5, 0.6) is 0 Å². The molecule has 0 saturated carbocycles. The van der Waals surface area contributed by atoms with Gasteiger partial charge in [-0.1, -0.05) is 109 Å². The fourth-order valence-corrected chi connectivity index (χ4v) is 3.22. The summed E-state index contributed by atoms with van der Waals surface area (Å²) in [7, 11) is 0. The molecule has 0 fully saturated rings. The standard InChI is InChI=1S/C23H39NO/c1-2-3-4-5-6-7-8-9-10-11-12-13-14-18-21-24-22-19-16-15-17-20-23(22)25/h15-17,19-20H,2-14,18,21H2,1H3,(H,24,25). The summed E-state index contributed by atoms with van der Waals surface area (Å²) in [6.07, 6.45) is 19.3. The molecule has 0 heterocycles. The predicted molar refractivity (Wildman–Crippen MR) is 112 cm³/mol. The highest BCUT2D eigenvalue weighted by atomic mass is 16.1. The third-order valence-corrected chi connectivity index (χ3v) is 4.84. The summed E-state index contributed by atoms with van der Waals surface area (Å²) in [5.74, 6) is 0. The Morgan fingerprint density at radius 3 is 1.68 bits per heavy atom. The zero-order chi connectivity index (χ0) is 18.0. The van der Waals surface area contributed by atoms with Gasteiger partial charge in [-0.15, -0.1) is 0 Å². The van der Waals surface area contributed by atoms with E-state index in [1.807, 2.05) is 18.2 Å². The van der Waals surface area contributed by atoms with E-state index in [-0.39, 0.29) is 5.43 Å². The summed E-state index contributed by atoms with van der Waals surface area (Å²) in [6, 6.07) is 9.08. The molecular formula is C23H39NO.